The van der Waals surface area contributed by atoms with E-state index in [0.29, 0.717) is 75.5 Å². The highest BCUT2D eigenvalue weighted by atomic mass is 35.5. The number of carbonyl (C=O) groups excluding carboxylic acids is 3. The summed E-state index contributed by atoms with van der Waals surface area (Å²) >= 11 is 7.40. The molecule has 0 bridgehead atoms. The zero-order valence-electron chi connectivity index (χ0n) is 24.8. The molecule has 0 radical (unpaired) electrons. The first-order valence-electron chi connectivity index (χ1n) is 13.8. The van der Waals surface area contributed by atoms with E-state index in [1.807, 2.05) is 24.0 Å². The van der Waals surface area contributed by atoms with Crippen molar-refractivity contribution < 1.29 is 23.9 Å². The fourth-order valence-corrected chi connectivity index (χ4v) is 5.72. The summed E-state index contributed by atoms with van der Waals surface area (Å²) in [4.78, 5) is 55.4. The van der Waals surface area contributed by atoms with E-state index in [4.69, 9.17) is 26.1 Å². The van der Waals surface area contributed by atoms with Crippen molar-refractivity contribution >= 4 is 63.2 Å². The number of methoxy groups -OCH3 is 2. The fraction of sp³-hybridized carbons (Fsp3) is 0.226. The smallest absolute Gasteiger partial charge is 0.341 e. The number of amides is 2. The Kier molecular flexibility index (Phi) is 9.59. The number of ether oxygens (including phenoxy) is 2. The second kappa shape index (κ2) is 13.7. The quantitative estimate of drug-likeness (QED) is 0.184. The van der Waals surface area contributed by atoms with Gasteiger partial charge in [0.15, 0.2) is 16.7 Å². The van der Waals surface area contributed by atoms with Crippen LogP contribution in [0.25, 0.3) is 11.3 Å². The zero-order chi connectivity index (χ0) is 32.1. The molecule has 3 aromatic heterocycles. The number of halogens is 1. The number of thiazole rings is 1. The number of aryl methyl sites for hydroxylation is 1. The lowest BCUT2D eigenvalue weighted by Gasteiger charge is -2.35. The molecule has 4 heterocycles. The SMILES string of the molecule is C=CC(=O)N1CCN(c2ncc(-c3ccc(OC)c(Nc4ncc(C(=O)Nc5c(C)cccc5Cl)s4)n3)cc2C(=O)OC)CC1. The summed E-state index contributed by atoms with van der Waals surface area (Å²) in [5.74, 6) is 0.229. The van der Waals surface area contributed by atoms with Gasteiger partial charge in [0.1, 0.15) is 16.3 Å². The first-order chi connectivity index (χ1) is 21.7. The lowest BCUT2D eigenvalue weighted by atomic mass is 10.1. The molecule has 1 aromatic carbocycles. The maximum atomic E-state index is 12.9. The maximum absolute atomic E-state index is 12.9. The Balaban J connectivity index is 1.38. The average molecular weight is 648 g/mol. The van der Waals surface area contributed by atoms with Crippen LogP contribution in [0.3, 0.4) is 0 Å². The number of hydrogen-bond donors (Lipinski definition) is 2. The van der Waals surface area contributed by atoms with Gasteiger partial charge in [0, 0.05) is 37.9 Å². The Morgan fingerprint density at radius 1 is 1.07 bits per heavy atom. The monoisotopic (exact) mass is 647 g/mol. The summed E-state index contributed by atoms with van der Waals surface area (Å²) in [5.41, 5.74) is 2.73. The molecule has 0 aliphatic carbocycles. The first kappa shape index (κ1) is 31.4. The van der Waals surface area contributed by atoms with E-state index < -0.39 is 5.97 Å². The van der Waals surface area contributed by atoms with E-state index in [2.05, 4.69) is 27.2 Å². The largest absolute Gasteiger partial charge is 0.493 e. The summed E-state index contributed by atoms with van der Waals surface area (Å²) in [5, 5.41) is 6.83. The minimum absolute atomic E-state index is 0.134. The van der Waals surface area contributed by atoms with Crippen molar-refractivity contribution in [2.24, 2.45) is 0 Å². The Hall–Kier alpha value is -5.01. The van der Waals surface area contributed by atoms with Crippen LogP contribution in [0.5, 0.6) is 5.75 Å². The predicted octanol–water partition coefficient (Wildman–Crippen LogP) is 5.19. The topological polar surface area (TPSA) is 139 Å². The van der Waals surface area contributed by atoms with E-state index in [1.54, 1.807) is 35.4 Å². The van der Waals surface area contributed by atoms with Gasteiger partial charge >= 0.3 is 5.97 Å². The highest BCUT2D eigenvalue weighted by molar-refractivity contribution is 7.17. The zero-order valence-corrected chi connectivity index (χ0v) is 26.4. The second-order valence-electron chi connectivity index (χ2n) is 9.89. The molecule has 1 saturated heterocycles. The molecule has 232 valence electrons. The van der Waals surface area contributed by atoms with Gasteiger partial charge < -0.3 is 29.9 Å². The third-order valence-electron chi connectivity index (χ3n) is 7.13. The van der Waals surface area contributed by atoms with E-state index in [9.17, 15) is 14.4 Å². The average Bonchev–Trinajstić information content (AvgIpc) is 3.54. The molecule has 0 atom stereocenters. The van der Waals surface area contributed by atoms with Crippen LogP contribution in [0.2, 0.25) is 5.02 Å². The second-order valence-corrected chi connectivity index (χ2v) is 11.3. The molecule has 2 amide bonds. The van der Waals surface area contributed by atoms with Crippen LogP contribution in [0.15, 0.2) is 61.4 Å². The minimum atomic E-state index is -0.545. The van der Waals surface area contributed by atoms with Crippen LogP contribution in [0.4, 0.5) is 22.5 Å². The number of para-hydroxylation sites is 1. The van der Waals surface area contributed by atoms with Gasteiger partial charge in [-0.1, -0.05) is 41.6 Å². The molecule has 1 aliphatic heterocycles. The highest BCUT2D eigenvalue weighted by Crippen LogP contribution is 2.33. The number of nitrogens with one attached hydrogen (secondary N) is 2. The summed E-state index contributed by atoms with van der Waals surface area (Å²) in [6.07, 6.45) is 4.38. The number of anilines is 4. The van der Waals surface area contributed by atoms with E-state index in [1.165, 1.54) is 26.5 Å². The number of carbonyl (C=O) groups is 3. The van der Waals surface area contributed by atoms with Gasteiger partial charge in [0.05, 0.1) is 36.8 Å². The van der Waals surface area contributed by atoms with Crippen molar-refractivity contribution in [1.29, 1.82) is 0 Å². The number of benzene rings is 1. The number of esters is 1. The van der Waals surface area contributed by atoms with Crippen LogP contribution in [-0.2, 0) is 9.53 Å². The maximum Gasteiger partial charge on any atom is 0.341 e. The lowest BCUT2D eigenvalue weighted by Crippen LogP contribution is -2.49. The number of pyridine rings is 2. The molecule has 14 heteroatoms. The molecular weight excluding hydrogens is 618 g/mol. The molecule has 12 nitrogen and oxygen atoms in total. The Labute approximate surface area is 268 Å². The molecule has 5 rings (SSSR count). The van der Waals surface area contributed by atoms with Gasteiger partial charge in [-0.15, -0.1) is 0 Å². The van der Waals surface area contributed by atoms with Crippen LogP contribution in [0, 0.1) is 6.92 Å². The predicted molar refractivity (Wildman–Crippen MR) is 174 cm³/mol. The third-order valence-corrected chi connectivity index (χ3v) is 8.35. The van der Waals surface area contributed by atoms with Crippen molar-refractivity contribution in [1.82, 2.24) is 19.9 Å². The summed E-state index contributed by atoms with van der Waals surface area (Å²) in [6, 6.07) is 10.5. The van der Waals surface area contributed by atoms with Crippen LogP contribution in [0.1, 0.15) is 25.6 Å². The summed E-state index contributed by atoms with van der Waals surface area (Å²) < 4.78 is 10.6. The van der Waals surface area contributed by atoms with Gasteiger partial charge in [0.25, 0.3) is 5.91 Å². The number of piperazine rings is 1. The number of rotatable bonds is 9. The van der Waals surface area contributed by atoms with Crippen molar-refractivity contribution in [2.75, 3.05) is 55.9 Å². The standard InChI is InChI=1S/C31H30ClN7O5S/c1-5-25(40)38-11-13-39(14-12-38)28-20(30(42)44-4)15-19(16-33-28)22-9-10-23(43-3)27(35-22)37-31-34-17-24(45-31)29(41)36-26-18(2)7-6-8-21(26)32/h5-10,15-17H,1,11-14H2,2-4H3,(H,36,41)(H,34,35,37). The van der Waals surface area contributed by atoms with E-state index >= 15 is 0 Å². The third kappa shape index (κ3) is 6.89. The van der Waals surface area contributed by atoms with Gasteiger partial charge in [-0.25, -0.2) is 19.7 Å². The number of aromatic nitrogens is 3. The summed E-state index contributed by atoms with van der Waals surface area (Å²) in [6.45, 7) is 7.35. The Morgan fingerprint density at radius 3 is 2.53 bits per heavy atom. The van der Waals surface area contributed by atoms with Gasteiger partial charge in [0.2, 0.25) is 5.91 Å². The van der Waals surface area contributed by atoms with E-state index in [-0.39, 0.29) is 17.4 Å². The van der Waals surface area contributed by atoms with Gasteiger partial charge in [-0.2, -0.15) is 0 Å². The Bertz CT molecular complexity index is 1750. The molecule has 45 heavy (non-hydrogen) atoms. The Morgan fingerprint density at radius 2 is 1.84 bits per heavy atom. The number of hydrogen-bond acceptors (Lipinski definition) is 11. The van der Waals surface area contributed by atoms with Crippen molar-refractivity contribution in [2.45, 2.75) is 6.92 Å². The molecule has 2 N–H and O–H groups in total. The van der Waals surface area contributed by atoms with Crippen molar-refractivity contribution in [3.8, 4) is 17.0 Å². The van der Waals surface area contributed by atoms with Gasteiger partial charge in [-0.05, 0) is 42.8 Å². The van der Waals surface area contributed by atoms with Crippen LogP contribution >= 0.6 is 22.9 Å². The molecular formula is C31H30ClN7O5S. The highest BCUT2D eigenvalue weighted by Gasteiger charge is 2.25. The fourth-order valence-electron chi connectivity index (χ4n) is 4.74. The number of nitrogens with zero attached hydrogens (tertiary/aromatic N) is 5. The molecule has 4 aromatic rings. The summed E-state index contributed by atoms with van der Waals surface area (Å²) in [7, 11) is 2.83. The van der Waals surface area contributed by atoms with Crippen molar-refractivity contribution in [3.63, 3.8) is 0 Å². The van der Waals surface area contributed by atoms with E-state index in [0.717, 1.165) is 16.9 Å². The molecule has 0 spiro atoms. The van der Waals surface area contributed by atoms with Crippen LogP contribution < -0.4 is 20.3 Å². The first-order valence-corrected chi connectivity index (χ1v) is 15.0. The normalized spacial score (nSPS) is 12.8. The molecule has 1 fully saturated rings. The molecule has 0 unspecified atom stereocenters. The molecule has 0 saturated carbocycles. The van der Waals surface area contributed by atoms with Gasteiger partial charge in [-0.3, -0.25) is 9.59 Å². The minimum Gasteiger partial charge on any atom is -0.493 e. The lowest BCUT2D eigenvalue weighted by molar-refractivity contribution is -0.126. The van der Waals surface area contributed by atoms with Crippen LogP contribution in [-0.4, -0.2) is 78.0 Å². The van der Waals surface area contributed by atoms with Crippen molar-refractivity contribution in [3.05, 3.63) is 82.5 Å². The molecule has 1 aliphatic rings.